The predicted octanol–water partition coefficient (Wildman–Crippen LogP) is 0.984. The van der Waals surface area contributed by atoms with Crippen molar-refractivity contribution in [1.82, 2.24) is 14.7 Å². The molecule has 2 amide bonds. The molecule has 0 aliphatic carbocycles. The van der Waals surface area contributed by atoms with Crippen LogP contribution in [0.25, 0.3) is 0 Å². The van der Waals surface area contributed by atoms with E-state index in [1.54, 1.807) is 17.1 Å². The summed E-state index contributed by atoms with van der Waals surface area (Å²) in [6, 6.07) is -1.10. The Morgan fingerprint density at radius 2 is 2.39 bits per heavy atom. The first kappa shape index (κ1) is 12.4. The SMILES string of the molecule is CCn1cc(NC(=O)N2CCC[C@@H]2C(=O)O)cn1. The van der Waals surface area contributed by atoms with Gasteiger partial charge < -0.3 is 15.3 Å². The molecular formula is C11H16N4O3. The summed E-state index contributed by atoms with van der Waals surface area (Å²) in [6.07, 6.45) is 4.49. The predicted molar refractivity (Wildman–Crippen MR) is 64.3 cm³/mol. The summed E-state index contributed by atoms with van der Waals surface area (Å²) in [5.74, 6) is -0.952. The van der Waals surface area contributed by atoms with Gasteiger partial charge in [0.1, 0.15) is 6.04 Å². The second kappa shape index (κ2) is 5.07. The third-order valence-electron chi connectivity index (χ3n) is 3.01. The average molecular weight is 252 g/mol. The third-order valence-corrected chi connectivity index (χ3v) is 3.01. The van der Waals surface area contributed by atoms with Crippen molar-refractivity contribution in [2.75, 3.05) is 11.9 Å². The summed E-state index contributed by atoms with van der Waals surface area (Å²) in [5, 5.41) is 15.7. The van der Waals surface area contributed by atoms with Crippen LogP contribution in [0.15, 0.2) is 12.4 Å². The van der Waals surface area contributed by atoms with Gasteiger partial charge in [-0.15, -0.1) is 0 Å². The smallest absolute Gasteiger partial charge is 0.326 e. The fraction of sp³-hybridized carbons (Fsp3) is 0.545. The first-order chi connectivity index (χ1) is 8.61. The Balaban J connectivity index is 2.01. The number of nitrogens with one attached hydrogen (secondary N) is 1. The van der Waals surface area contributed by atoms with Crippen LogP contribution in [0.1, 0.15) is 19.8 Å². The van der Waals surface area contributed by atoms with E-state index in [1.807, 2.05) is 6.92 Å². The molecule has 1 aromatic rings. The molecule has 2 heterocycles. The molecule has 1 aliphatic rings. The number of carboxylic acids is 1. The van der Waals surface area contributed by atoms with Gasteiger partial charge in [0.2, 0.25) is 0 Å². The van der Waals surface area contributed by atoms with E-state index in [1.165, 1.54) is 4.90 Å². The number of aliphatic carboxylic acids is 1. The molecule has 98 valence electrons. The maximum atomic E-state index is 11.9. The van der Waals surface area contributed by atoms with Crippen LogP contribution in [0.2, 0.25) is 0 Å². The summed E-state index contributed by atoms with van der Waals surface area (Å²) < 4.78 is 1.69. The average Bonchev–Trinajstić information content (AvgIpc) is 2.96. The first-order valence-corrected chi connectivity index (χ1v) is 5.94. The molecule has 1 saturated heterocycles. The standard InChI is InChI=1S/C11H16N4O3/c1-2-14-7-8(6-12-14)13-11(18)15-5-3-4-9(15)10(16)17/h6-7,9H,2-5H2,1H3,(H,13,18)(H,16,17)/t9-/m1/s1. The van der Waals surface area contributed by atoms with Gasteiger partial charge in [0.05, 0.1) is 11.9 Å². The molecule has 0 spiro atoms. The number of carbonyl (C=O) groups is 2. The number of nitrogens with zero attached hydrogens (tertiary/aromatic N) is 3. The van der Waals surface area contributed by atoms with E-state index in [0.29, 0.717) is 18.7 Å². The molecule has 0 saturated carbocycles. The van der Waals surface area contributed by atoms with E-state index >= 15 is 0 Å². The van der Waals surface area contributed by atoms with E-state index in [4.69, 9.17) is 5.11 Å². The maximum Gasteiger partial charge on any atom is 0.326 e. The molecule has 1 fully saturated rings. The number of hydrogen-bond acceptors (Lipinski definition) is 3. The normalized spacial score (nSPS) is 18.9. The van der Waals surface area contributed by atoms with Crippen molar-refractivity contribution < 1.29 is 14.7 Å². The number of likely N-dealkylation sites (tertiary alicyclic amines) is 1. The van der Waals surface area contributed by atoms with Gasteiger partial charge in [-0.25, -0.2) is 9.59 Å². The summed E-state index contributed by atoms with van der Waals surface area (Å²) in [4.78, 5) is 24.3. The van der Waals surface area contributed by atoms with Crippen LogP contribution in [0.5, 0.6) is 0 Å². The largest absolute Gasteiger partial charge is 0.480 e. The minimum atomic E-state index is -0.952. The highest BCUT2D eigenvalue weighted by atomic mass is 16.4. The lowest BCUT2D eigenvalue weighted by atomic mass is 10.2. The second-order valence-electron chi connectivity index (χ2n) is 4.20. The van der Waals surface area contributed by atoms with Crippen molar-refractivity contribution in [3.05, 3.63) is 12.4 Å². The molecule has 1 aromatic heterocycles. The highest BCUT2D eigenvalue weighted by Crippen LogP contribution is 2.18. The minimum absolute atomic E-state index is 0.379. The van der Waals surface area contributed by atoms with Gasteiger partial charge in [-0.1, -0.05) is 0 Å². The van der Waals surface area contributed by atoms with Crippen LogP contribution in [0.4, 0.5) is 10.5 Å². The Labute approximate surface area is 104 Å². The highest BCUT2D eigenvalue weighted by Gasteiger charge is 2.34. The van der Waals surface area contributed by atoms with Gasteiger partial charge >= 0.3 is 12.0 Å². The van der Waals surface area contributed by atoms with Crippen LogP contribution in [-0.2, 0) is 11.3 Å². The number of carbonyl (C=O) groups excluding carboxylic acids is 1. The zero-order chi connectivity index (χ0) is 13.1. The van der Waals surface area contributed by atoms with Gasteiger partial charge in [0.25, 0.3) is 0 Å². The van der Waals surface area contributed by atoms with E-state index < -0.39 is 12.0 Å². The number of amides is 2. The second-order valence-corrected chi connectivity index (χ2v) is 4.20. The first-order valence-electron chi connectivity index (χ1n) is 5.94. The van der Waals surface area contributed by atoms with Crippen molar-refractivity contribution >= 4 is 17.7 Å². The van der Waals surface area contributed by atoms with E-state index in [0.717, 1.165) is 13.0 Å². The molecule has 0 radical (unpaired) electrons. The number of aryl methyl sites for hydroxylation is 1. The number of urea groups is 1. The number of anilines is 1. The Bertz CT molecular complexity index is 457. The Kier molecular flexibility index (Phi) is 3.50. The molecule has 0 aromatic carbocycles. The van der Waals surface area contributed by atoms with E-state index in [-0.39, 0.29) is 6.03 Å². The highest BCUT2D eigenvalue weighted by molar-refractivity contribution is 5.92. The molecule has 0 bridgehead atoms. The Morgan fingerprint density at radius 1 is 1.61 bits per heavy atom. The lowest BCUT2D eigenvalue weighted by Crippen LogP contribution is -2.42. The lowest BCUT2D eigenvalue weighted by molar-refractivity contribution is -0.141. The fourth-order valence-electron chi connectivity index (χ4n) is 2.06. The number of carboxylic acid groups (broad SMARTS) is 1. The van der Waals surface area contributed by atoms with Gasteiger partial charge in [-0.05, 0) is 19.8 Å². The minimum Gasteiger partial charge on any atom is -0.480 e. The topological polar surface area (TPSA) is 87.5 Å². The molecule has 1 aliphatic heterocycles. The van der Waals surface area contributed by atoms with Gasteiger partial charge in [-0.2, -0.15) is 5.10 Å². The van der Waals surface area contributed by atoms with Crippen molar-refractivity contribution in [3.8, 4) is 0 Å². The van der Waals surface area contributed by atoms with Crippen molar-refractivity contribution in [2.45, 2.75) is 32.4 Å². The number of hydrogen-bond donors (Lipinski definition) is 2. The zero-order valence-corrected chi connectivity index (χ0v) is 10.2. The van der Waals surface area contributed by atoms with Crippen LogP contribution >= 0.6 is 0 Å². The molecule has 2 N–H and O–H groups in total. The number of rotatable bonds is 3. The quantitative estimate of drug-likeness (QED) is 0.839. The van der Waals surface area contributed by atoms with Crippen molar-refractivity contribution in [3.63, 3.8) is 0 Å². The molecule has 1 atom stereocenters. The van der Waals surface area contributed by atoms with Crippen LogP contribution in [0, 0.1) is 0 Å². The molecule has 0 unspecified atom stereocenters. The summed E-state index contributed by atoms with van der Waals surface area (Å²) in [7, 11) is 0. The van der Waals surface area contributed by atoms with Crippen molar-refractivity contribution in [1.29, 1.82) is 0 Å². The van der Waals surface area contributed by atoms with Crippen LogP contribution < -0.4 is 5.32 Å². The number of aromatic nitrogens is 2. The Hall–Kier alpha value is -2.05. The van der Waals surface area contributed by atoms with E-state index in [9.17, 15) is 9.59 Å². The molecule has 2 rings (SSSR count). The summed E-state index contributed by atoms with van der Waals surface area (Å²) >= 11 is 0. The zero-order valence-electron chi connectivity index (χ0n) is 10.2. The molecule has 7 heteroatoms. The molecule has 7 nitrogen and oxygen atoms in total. The lowest BCUT2D eigenvalue weighted by Gasteiger charge is -2.21. The maximum absolute atomic E-state index is 11.9. The van der Waals surface area contributed by atoms with Crippen LogP contribution in [0.3, 0.4) is 0 Å². The van der Waals surface area contributed by atoms with Crippen molar-refractivity contribution in [2.24, 2.45) is 0 Å². The fourth-order valence-corrected chi connectivity index (χ4v) is 2.06. The van der Waals surface area contributed by atoms with Crippen LogP contribution in [-0.4, -0.2) is 44.4 Å². The third kappa shape index (κ3) is 2.44. The molecule has 18 heavy (non-hydrogen) atoms. The van der Waals surface area contributed by atoms with Gasteiger partial charge in [0.15, 0.2) is 0 Å². The summed E-state index contributed by atoms with van der Waals surface area (Å²) in [6.45, 7) is 3.14. The monoisotopic (exact) mass is 252 g/mol. The Morgan fingerprint density at radius 3 is 3.00 bits per heavy atom. The van der Waals surface area contributed by atoms with E-state index in [2.05, 4.69) is 10.4 Å². The molecular weight excluding hydrogens is 236 g/mol. The van der Waals surface area contributed by atoms with Gasteiger partial charge in [0, 0.05) is 19.3 Å². The van der Waals surface area contributed by atoms with Gasteiger partial charge in [-0.3, -0.25) is 4.68 Å². The summed E-state index contributed by atoms with van der Waals surface area (Å²) in [5.41, 5.74) is 0.581.